The van der Waals surface area contributed by atoms with Crippen LogP contribution in [0.2, 0.25) is 0 Å². The molecule has 0 saturated carbocycles. The number of amides is 1. The van der Waals surface area contributed by atoms with Gasteiger partial charge in [-0.1, -0.05) is 60.7 Å². The minimum atomic E-state index is -0.00126. The number of carbonyl (C=O) groups excluding carboxylic acids is 1. The molecule has 1 aliphatic heterocycles. The molecule has 2 aromatic carbocycles. The second-order valence-corrected chi connectivity index (χ2v) is 7.50. The van der Waals surface area contributed by atoms with Gasteiger partial charge < -0.3 is 9.80 Å². The van der Waals surface area contributed by atoms with Gasteiger partial charge in [-0.05, 0) is 24.8 Å². The lowest BCUT2D eigenvalue weighted by atomic mass is 10.1. The molecular weight excluding hydrogens is 360 g/mol. The van der Waals surface area contributed by atoms with Gasteiger partial charge in [-0.3, -0.25) is 4.79 Å². The summed E-state index contributed by atoms with van der Waals surface area (Å²) in [5.74, 6) is 1.34. The number of nitrogens with zero attached hydrogens (tertiary/aromatic N) is 4. The SMILES string of the molecule is CN(Cc1ccccc1)c1cc(C(=O)N2CCCCC2)nc(-c2ccccc2)n1. The van der Waals surface area contributed by atoms with Gasteiger partial charge in [0, 0.05) is 38.3 Å². The molecule has 0 spiro atoms. The maximum absolute atomic E-state index is 13.1. The first kappa shape index (κ1) is 19.1. The lowest BCUT2D eigenvalue weighted by molar-refractivity contribution is 0.0718. The molecule has 0 atom stereocenters. The zero-order chi connectivity index (χ0) is 20.1. The van der Waals surface area contributed by atoms with E-state index in [1.54, 1.807) is 0 Å². The number of likely N-dealkylation sites (tertiary alicyclic amines) is 1. The first-order chi connectivity index (χ1) is 14.2. The first-order valence-electron chi connectivity index (χ1n) is 10.2. The van der Waals surface area contributed by atoms with Gasteiger partial charge in [0.2, 0.25) is 0 Å². The molecule has 4 rings (SSSR count). The van der Waals surface area contributed by atoms with E-state index in [4.69, 9.17) is 4.98 Å². The van der Waals surface area contributed by atoms with E-state index in [1.165, 1.54) is 12.0 Å². The Labute approximate surface area is 172 Å². The Balaban J connectivity index is 1.68. The highest BCUT2D eigenvalue weighted by atomic mass is 16.2. The highest BCUT2D eigenvalue weighted by molar-refractivity contribution is 5.93. The van der Waals surface area contributed by atoms with Crippen molar-refractivity contribution in [3.05, 3.63) is 78.0 Å². The zero-order valence-corrected chi connectivity index (χ0v) is 16.8. The van der Waals surface area contributed by atoms with E-state index >= 15 is 0 Å². The summed E-state index contributed by atoms with van der Waals surface area (Å²) in [7, 11) is 2.00. The van der Waals surface area contributed by atoms with Crippen LogP contribution < -0.4 is 4.90 Å². The van der Waals surface area contributed by atoms with Crippen LogP contribution in [0.5, 0.6) is 0 Å². The lowest BCUT2D eigenvalue weighted by Gasteiger charge is -2.27. The van der Waals surface area contributed by atoms with Gasteiger partial charge in [-0.15, -0.1) is 0 Å². The van der Waals surface area contributed by atoms with Crippen molar-refractivity contribution in [1.82, 2.24) is 14.9 Å². The molecule has 1 aromatic heterocycles. The maximum atomic E-state index is 13.1. The van der Waals surface area contributed by atoms with Gasteiger partial charge >= 0.3 is 0 Å². The van der Waals surface area contributed by atoms with Crippen LogP contribution in [0.25, 0.3) is 11.4 Å². The van der Waals surface area contributed by atoms with Crippen molar-refractivity contribution in [3.63, 3.8) is 0 Å². The van der Waals surface area contributed by atoms with Crippen LogP contribution in [-0.2, 0) is 6.54 Å². The van der Waals surface area contributed by atoms with Crippen LogP contribution in [0.15, 0.2) is 66.7 Å². The third-order valence-corrected chi connectivity index (χ3v) is 5.26. The van der Waals surface area contributed by atoms with E-state index in [0.29, 0.717) is 18.1 Å². The van der Waals surface area contributed by atoms with Gasteiger partial charge in [0.15, 0.2) is 5.82 Å². The van der Waals surface area contributed by atoms with Crippen molar-refractivity contribution in [2.24, 2.45) is 0 Å². The molecule has 148 valence electrons. The van der Waals surface area contributed by atoms with Crippen LogP contribution in [-0.4, -0.2) is 40.9 Å². The van der Waals surface area contributed by atoms with E-state index in [9.17, 15) is 4.79 Å². The van der Waals surface area contributed by atoms with Crippen molar-refractivity contribution in [2.45, 2.75) is 25.8 Å². The zero-order valence-electron chi connectivity index (χ0n) is 16.8. The van der Waals surface area contributed by atoms with Crippen molar-refractivity contribution < 1.29 is 4.79 Å². The van der Waals surface area contributed by atoms with E-state index in [-0.39, 0.29) is 5.91 Å². The predicted molar refractivity (Wildman–Crippen MR) is 116 cm³/mol. The van der Waals surface area contributed by atoms with E-state index in [2.05, 4.69) is 22.0 Å². The lowest BCUT2D eigenvalue weighted by Crippen LogP contribution is -2.36. The number of rotatable bonds is 5. The fourth-order valence-electron chi connectivity index (χ4n) is 3.65. The van der Waals surface area contributed by atoms with Crippen LogP contribution in [0, 0.1) is 0 Å². The third-order valence-electron chi connectivity index (χ3n) is 5.26. The molecule has 5 nitrogen and oxygen atoms in total. The molecule has 1 fully saturated rings. The number of hydrogen-bond donors (Lipinski definition) is 0. The number of anilines is 1. The second-order valence-electron chi connectivity index (χ2n) is 7.50. The first-order valence-corrected chi connectivity index (χ1v) is 10.2. The van der Waals surface area contributed by atoms with Gasteiger partial charge in [-0.2, -0.15) is 0 Å². The summed E-state index contributed by atoms with van der Waals surface area (Å²) < 4.78 is 0. The van der Waals surface area contributed by atoms with Crippen molar-refractivity contribution in [1.29, 1.82) is 0 Å². The van der Waals surface area contributed by atoms with Crippen LogP contribution in [0.1, 0.15) is 35.3 Å². The molecule has 0 bridgehead atoms. The summed E-state index contributed by atoms with van der Waals surface area (Å²) in [6.45, 7) is 2.32. The number of benzene rings is 2. The normalized spacial score (nSPS) is 13.9. The molecular formula is C24H26N4O. The number of hydrogen-bond acceptors (Lipinski definition) is 4. The standard InChI is InChI=1S/C24H26N4O/c1-27(18-19-11-5-2-6-12-19)22-17-21(24(29)28-15-9-4-10-16-28)25-23(26-22)20-13-7-3-8-14-20/h2-3,5-8,11-14,17H,4,9-10,15-16,18H2,1H3. The Morgan fingerprint density at radius 2 is 1.59 bits per heavy atom. The summed E-state index contributed by atoms with van der Waals surface area (Å²) in [5, 5.41) is 0. The highest BCUT2D eigenvalue weighted by Gasteiger charge is 2.22. The van der Waals surface area contributed by atoms with Crippen LogP contribution >= 0.6 is 0 Å². The van der Waals surface area contributed by atoms with E-state index < -0.39 is 0 Å². The summed E-state index contributed by atoms with van der Waals surface area (Å²) in [6, 6.07) is 21.9. The summed E-state index contributed by atoms with van der Waals surface area (Å²) in [4.78, 5) is 26.5. The van der Waals surface area contributed by atoms with Crippen molar-refractivity contribution >= 4 is 11.7 Å². The Kier molecular flexibility index (Phi) is 5.84. The number of piperidine rings is 1. The molecule has 0 aliphatic carbocycles. The Hall–Kier alpha value is -3.21. The monoisotopic (exact) mass is 386 g/mol. The molecule has 1 aliphatic rings. The van der Waals surface area contributed by atoms with Crippen molar-refractivity contribution in [3.8, 4) is 11.4 Å². The Morgan fingerprint density at radius 1 is 0.931 bits per heavy atom. The highest BCUT2D eigenvalue weighted by Crippen LogP contribution is 2.22. The molecule has 29 heavy (non-hydrogen) atoms. The average molecular weight is 386 g/mol. The summed E-state index contributed by atoms with van der Waals surface area (Å²) in [5.41, 5.74) is 2.57. The maximum Gasteiger partial charge on any atom is 0.272 e. The molecule has 1 amide bonds. The molecule has 0 unspecified atom stereocenters. The Bertz CT molecular complexity index is 953. The van der Waals surface area contributed by atoms with Gasteiger partial charge in [0.05, 0.1) is 0 Å². The average Bonchev–Trinajstić information content (AvgIpc) is 2.80. The minimum absolute atomic E-state index is 0.00126. The van der Waals surface area contributed by atoms with Gasteiger partial charge in [0.1, 0.15) is 11.5 Å². The summed E-state index contributed by atoms with van der Waals surface area (Å²) in [6.07, 6.45) is 3.31. The fraction of sp³-hybridized carbons (Fsp3) is 0.292. The van der Waals surface area contributed by atoms with Crippen LogP contribution in [0.3, 0.4) is 0 Å². The molecule has 3 aromatic rings. The van der Waals surface area contributed by atoms with Crippen molar-refractivity contribution in [2.75, 3.05) is 25.0 Å². The quantitative estimate of drug-likeness (QED) is 0.652. The predicted octanol–water partition coefficient (Wildman–Crippen LogP) is 4.41. The largest absolute Gasteiger partial charge is 0.355 e. The van der Waals surface area contributed by atoms with E-state index in [0.717, 1.165) is 37.3 Å². The van der Waals surface area contributed by atoms with E-state index in [1.807, 2.05) is 66.5 Å². The second kappa shape index (κ2) is 8.86. The van der Waals surface area contributed by atoms with Gasteiger partial charge in [-0.25, -0.2) is 9.97 Å². The topological polar surface area (TPSA) is 49.3 Å². The number of aromatic nitrogens is 2. The Morgan fingerprint density at radius 3 is 2.28 bits per heavy atom. The van der Waals surface area contributed by atoms with Crippen LogP contribution in [0.4, 0.5) is 5.82 Å². The molecule has 0 radical (unpaired) electrons. The number of carbonyl (C=O) groups is 1. The molecule has 0 N–H and O–H groups in total. The summed E-state index contributed by atoms with van der Waals surface area (Å²) >= 11 is 0. The van der Waals surface area contributed by atoms with Gasteiger partial charge in [0.25, 0.3) is 5.91 Å². The molecule has 2 heterocycles. The fourth-order valence-corrected chi connectivity index (χ4v) is 3.65. The molecule has 1 saturated heterocycles. The molecule has 5 heteroatoms. The smallest absolute Gasteiger partial charge is 0.272 e. The third kappa shape index (κ3) is 4.62. The minimum Gasteiger partial charge on any atom is -0.355 e.